The Kier molecular flexibility index (Phi) is 3.76. The van der Waals surface area contributed by atoms with Crippen molar-refractivity contribution in [1.82, 2.24) is 9.97 Å². The van der Waals surface area contributed by atoms with Crippen molar-refractivity contribution in [2.24, 2.45) is 0 Å². The maximum Gasteiger partial charge on any atom is 0.233 e. The Morgan fingerprint density at radius 3 is 2.84 bits per heavy atom. The number of rotatable bonds is 3. The first-order valence-corrected chi connectivity index (χ1v) is 8.06. The van der Waals surface area contributed by atoms with E-state index >= 15 is 0 Å². The first-order chi connectivity index (χ1) is 12.1. The van der Waals surface area contributed by atoms with Gasteiger partial charge in [-0.15, -0.1) is 0 Å². The highest BCUT2D eigenvalue weighted by Gasteiger charge is 2.29. The van der Waals surface area contributed by atoms with Crippen LogP contribution in [-0.2, 0) is 17.8 Å². The second-order valence-corrected chi connectivity index (χ2v) is 6.16. The summed E-state index contributed by atoms with van der Waals surface area (Å²) < 4.78 is 13.5. The van der Waals surface area contributed by atoms with Gasteiger partial charge in [-0.25, -0.2) is 4.39 Å². The molecule has 0 unspecified atom stereocenters. The van der Waals surface area contributed by atoms with Crippen molar-refractivity contribution >= 4 is 11.6 Å². The SMILES string of the molecule is Cc1ccncc1CN1C(=O)Cc2ncc(-c3cccc(F)c3)cc21. The van der Waals surface area contributed by atoms with Crippen molar-refractivity contribution in [1.29, 1.82) is 0 Å². The number of nitrogens with zero attached hydrogens (tertiary/aromatic N) is 3. The average molecular weight is 333 g/mol. The van der Waals surface area contributed by atoms with E-state index in [9.17, 15) is 9.18 Å². The van der Waals surface area contributed by atoms with Gasteiger partial charge in [-0.05, 0) is 47.9 Å². The number of halogens is 1. The summed E-state index contributed by atoms with van der Waals surface area (Å²) in [5, 5.41) is 0. The molecule has 0 fully saturated rings. The molecule has 1 amide bonds. The predicted molar refractivity (Wildman–Crippen MR) is 93.5 cm³/mol. The molecule has 5 heteroatoms. The van der Waals surface area contributed by atoms with Crippen LogP contribution < -0.4 is 4.90 Å². The molecular weight excluding hydrogens is 317 g/mol. The first-order valence-electron chi connectivity index (χ1n) is 8.06. The van der Waals surface area contributed by atoms with Crippen LogP contribution in [-0.4, -0.2) is 15.9 Å². The third-order valence-corrected chi connectivity index (χ3v) is 4.49. The van der Waals surface area contributed by atoms with Crippen molar-refractivity contribution < 1.29 is 9.18 Å². The Labute approximate surface area is 145 Å². The van der Waals surface area contributed by atoms with Gasteiger partial charge in [0.05, 0.1) is 24.3 Å². The van der Waals surface area contributed by atoms with E-state index in [2.05, 4.69) is 9.97 Å². The van der Waals surface area contributed by atoms with Crippen LogP contribution in [0, 0.1) is 12.7 Å². The zero-order chi connectivity index (χ0) is 17.4. The maximum atomic E-state index is 13.5. The summed E-state index contributed by atoms with van der Waals surface area (Å²) in [5.41, 5.74) is 5.17. The third-order valence-electron chi connectivity index (χ3n) is 4.49. The molecule has 4 nitrogen and oxygen atoms in total. The van der Waals surface area contributed by atoms with Crippen molar-refractivity contribution in [3.05, 3.63) is 77.6 Å². The molecule has 0 aliphatic carbocycles. The lowest BCUT2D eigenvalue weighted by atomic mass is 10.1. The number of anilines is 1. The molecule has 3 aromatic rings. The number of carbonyl (C=O) groups is 1. The van der Waals surface area contributed by atoms with Crippen molar-refractivity contribution in [3.63, 3.8) is 0 Å². The fraction of sp³-hybridized carbons (Fsp3) is 0.150. The highest BCUT2D eigenvalue weighted by molar-refractivity contribution is 6.01. The van der Waals surface area contributed by atoms with E-state index < -0.39 is 0 Å². The lowest BCUT2D eigenvalue weighted by Gasteiger charge is -2.19. The van der Waals surface area contributed by atoms with E-state index in [4.69, 9.17) is 0 Å². The molecule has 3 heterocycles. The molecule has 124 valence electrons. The molecule has 0 atom stereocenters. The molecule has 0 spiro atoms. The molecule has 0 radical (unpaired) electrons. The topological polar surface area (TPSA) is 46.1 Å². The Bertz CT molecular complexity index is 971. The predicted octanol–water partition coefficient (Wildman–Crippen LogP) is 3.68. The number of hydrogen-bond donors (Lipinski definition) is 0. The fourth-order valence-electron chi connectivity index (χ4n) is 3.06. The highest BCUT2D eigenvalue weighted by atomic mass is 19.1. The van der Waals surface area contributed by atoms with Crippen LogP contribution in [0.1, 0.15) is 16.8 Å². The maximum absolute atomic E-state index is 13.5. The van der Waals surface area contributed by atoms with Crippen LogP contribution >= 0.6 is 0 Å². The number of aromatic nitrogens is 2. The minimum atomic E-state index is -0.295. The van der Waals surface area contributed by atoms with Gasteiger partial charge in [0.25, 0.3) is 0 Å². The van der Waals surface area contributed by atoms with Crippen LogP contribution in [0.25, 0.3) is 11.1 Å². The molecular formula is C20H16FN3O. The Hall–Kier alpha value is -3.08. The summed E-state index contributed by atoms with van der Waals surface area (Å²) in [6, 6.07) is 10.2. The summed E-state index contributed by atoms with van der Waals surface area (Å²) in [6.07, 6.45) is 5.50. The Morgan fingerprint density at radius 2 is 2.04 bits per heavy atom. The number of carbonyl (C=O) groups excluding carboxylic acids is 1. The monoisotopic (exact) mass is 333 g/mol. The van der Waals surface area contributed by atoms with Gasteiger partial charge >= 0.3 is 0 Å². The van der Waals surface area contributed by atoms with Gasteiger partial charge < -0.3 is 4.90 Å². The Balaban J connectivity index is 1.72. The average Bonchev–Trinajstić information content (AvgIpc) is 2.92. The number of benzene rings is 1. The molecule has 0 N–H and O–H groups in total. The quantitative estimate of drug-likeness (QED) is 0.734. The molecule has 4 rings (SSSR count). The van der Waals surface area contributed by atoms with Crippen LogP contribution in [0.3, 0.4) is 0 Å². The minimum absolute atomic E-state index is 0.0159. The lowest BCUT2D eigenvalue weighted by Crippen LogP contribution is -2.26. The number of fused-ring (bicyclic) bond motifs is 1. The fourth-order valence-corrected chi connectivity index (χ4v) is 3.06. The molecule has 2 aromatic heterocycles. The molecule has 1 aliphatic rings. The van der Waals surface area contributed by atoms with Crippen molar-refractivity contribution in [3.8, 4) is 11.1 Å². The van der Waals surface area contributed by atoms with Gasteiger partial charge in [-0.1, -0.05) is 12.1 Å². The second-order valence-electron chi connectivity index (χ2n) is 6.16. The van der Waals surface area contributed by atoms with E-state index in [1.165, 1.54) is 12.1 Å². The normalized spacial score (nSPS) is 13.2. The Morgan fingerprint density at radius 1 is 1.16 bits per heavy atom. The summed E-state index contributed by atoms with van der Waals surface area (Å²) in [6.45, 7) is 2.46. The van der Waals surface area contributed by atoms with Gasteiger partial charge in [-0.2, -0.15) is 0 Å². The van der Waals surface area contributed by atoms with Crippen LogP contribution in [0.5, 0.6) is 0 Å². The molecule has 1 aromatic carbocycles. The van der Waals surface area contributed by atoms with E-state index in [1.54, 1.807) is 29.6 Å². The minimum Gasteiger partial charge on any atom is -0.306 e. The number of hydrogen-bond acceptors (Lipinski definition) is 3. The van der Waals surface area contributed by atoms with Gasteiger partial charge in [0, 0.05) is 24.2 Å². The summed E-state index contributed by atoms with van der Waals surface area (Å²) >= 11 is 0. The number of amides is 1. The largest absolute Gasteiger partial charge is 0.306 e. The lowest BCUT2D eigenvalue weighted by molar-refractivity contribution is -0.117. The van der Waals surface area contributed by atoms with Crippen LogP contribution in [0.15, 0.2) is 55.0 Å². The molecule has 0 saturated carbocycles. The van der Waals surface area contributed by atoms with Crippen molar-refractivity contribution in [2.75, 3.05) is 4.90 Å². The van der Waals surface area contributed by atoms with Gasteiger partial charge in [-0.3, -0.25) is 14.8 Å². The number of pyridine rings is 2. The molecule has 0 bridgehead atoms. The zero-order valence-electron chi connectivity index (χ0n) is 13.7. The second kappa shape index (κ2) is 6.09. The molecule has 1 aliphatic heterocycles. The third kappa shape index (κ3) is 2.89. The van der Waals surface area contributed by atoms with Gasteiger partial charge in [0.2, 0.25) is 5.91 Å². The summed E-state index contributed by atoms with van der Waals surface area (Å²) in [7, 11) is 0. The standard InChI is InChI=1S/C20H16FN3O/c1-13-5-6-22-10-16(13)12-24-19-8-15(11-23-18(19)9-20(24)25)14-3-2-4-17(21)7-14/h2-8,10-11H,9,12H2,1H3. The zero-order valence-corrected chi connectivity index (χ0v) is 13.7. The highest BCUT2D eigenvalue weighted by Crippen LogP contribution is 2.33. The van der Waals surface area contributed by atoms with E-state index in [0.717, 1.165) is 33.6 Å². The smallest absolute Gasteiger partial charge is 0.233 e. The van der Waals surface area contributed by atoms with Crippen LogP contribution in [0.2, 0.25) is 0 Å². The van der Waals surface area contributed by atoms with Crippen LogP contribution in [0.4, 0.5) is 10.1 Å². The van der Waals surface area contributed by atoms with Gasteiger partial charge in [0.1, 0.15) is 5.82 Å². The van der Waals surface area contributed by atoms with Gasteiger partial charge in [0.15, 0.2) is 0 Å². The summed E-state index contributed by atoms with van der Waals surface area (Å²) in [5.74, 6) is -0.279. The van der Waals surface area contributed by atoms with E-state index in [-0.39, 0.29) is 18.1 Å². The van der Waals surface area contributed by atoms with E-state index in [1.807, 2.05) is 25.1 Å². The molecule has 0 saturated heterocycles. The van der Waals surface area contributed by atoms with Crippen molar-refractivity contribution in [2.45, 2.75) is 19.9 Å². The van der Waals surface area contributed by atoms with E-state index in [0.29, 0.717) is 6.54 Å². The molecule has 25 heavy (non-hydrogen) atoms. The first kappa shape index (κ1) is 15.4. The number of aryl methyl sites for hydroxylation is 1. The summed E-state index contributed by atoms with van der Waals surface area (Å²) in [4.78, 5) is 22.8.